The van der Waals surface area contributed by atoms with Crippen molar-refractivity contribution in [1.29, 1.82) is 0 Å². The van der Waals surface area contributed by atoms with E-state index in [0.29, 0.717) is 11.1 Å². The van der Waals surface area contributed by atoms with Crippen LogP contribution in [0.15, 0.2) is 93.0 Å². The summed E-state index contributed by atoms with van der Waals surface area (Å²) in [6.07, 6.45) is 2.04. The molecular formula is C22H16O2SSe. The molecule has 0 N–H and O–H groups in total. The van der Waals surface area contributed by atoms with Crippen LogP contribution in [0.5, 0.6) is 0 Å². The van der Waals surface area contributed by atoms with E-state index >= 15 is 0 Å². The predicted octanol–water partition coefficient (Wildman–Crippen LogP) is 3.84. The number of fused-ring (bicyclic) bond motifs is 1. The molecule has 1 aromatic heterocycles. The molecule has 2 nitrogen and oxygen atoms in total. The van der Waals surface area contributed by atoms with Gasteiger partial charge in [0.15, 0.2) is 0 Å². The average Bonchev–Trinajstić information content (AvgIpc) is 2.71. The van der Waals surface area contributed by atoms with Gasteiger partial charge in [-0.3, -0.25) is 0 Å². The van der Waals surface area contributed by atoms with Crippen LogP contribution in [0.3, 0.4) is 0 Å². The van der Waals surface area contributed by atoms with E-state index in [9.17, 15) is 4.79 Å². The van der Waals surface area contributed by atoms with Gasteiger partial charge in [-0.2, -0.15) is 0 Å². The van der Waals surface area contributed by atoms with Gasteiger partial charge in [0.25, 0.3) is 0 Å². The van der Waals surface area contributed by atoms with Crippen molar-refractivity contribution < 1.29 is 4.42 Å². The van der Waals surface area contributed by atoms with Crippen molar-refractivity contribution in [2.75, 3.05) is 6.26 Å². The molecule has 1 heterocycles. The zero-order valence-corrected chi connectivity index (χ0v) is 16.7. The van der Waals surface area contributed by atoms with Crippen molar-refractivity contribution in [2.24, 2.45) is 0 Å². The molecule has 0 spiro atoms. The number of hydrogen-bond donors (Lipinski definition) is 0. The van der Waals surface area contributed by atoms with Gasteiger partial charge in [0.05, 0.1) is 0 Å². The Morgan fingerprint density at radius 1 is 0.808 bits per heavy atom. The minimum absolute atomic E-state index is 0.0267. The third-order valence-electron chi connectivity index (χ3n) is 4.11. The predicted molar refractivity (Wildman–Crippen MR) is 111 cm³/mol. The topological polar surface area (TPSA) is 30.2 Å². The Bertz CT molecular complexity index is 1120. The Morgan fingerprint density at radius 3 is 2.23 bits per heavy atom. The maximum atomic E-state index is 12.6. The van der Waals surface area contributed by atoms with E-state index in [1.165, 1.54) is 4.46 Å². The van der Waals surface area contributed by atoms with E-state index in [4.69, 9.17) is 4.42 Å². The number of benzene rings is 3. The van der Waals surface area contributed by atoms with Gasteiger partial charge in [-0.1, -0.05) is 0 Å². The number of hydrogen-bond acceptors (Lipinski definition) is 3. The van der Waals surface area contributed by atoms with Crippen molar-refractivity contribution in [3.05, 3.63) is 89.3 Å². The van der Waals surface area contributed by atoms with Gasteiger partial charge in [-0.15, -0.1) is 0 Å². The molecule has 0 aliphatic heterocycles. The summed E-state index contributed by atoms with van der Waals surface area (Å²) >= 11 is 1.69. The molecule has 0 saturated heterocycles. The van der Waals surface area contributed by atoms with E-state index in [2.05, 4.69) is 18.2 Å². The van der Waals surface area contributed by atoms with Gasteiger partial charge in [0.2, 0.25) is 0 Å². The Hall–Kier alpha value is -2.26. The Kier molecular flexibility index (Phi) is 4.98. The van der Waals surface area contributed by atoms with Gasteiger partial charge in [0, 0.05) is 0 Å². The fourth-order valence-electron chi connectivity index (χ4n) is 2.89. The van der Waals surface area contributed by atoms with Gasteiger partial charge in [-0.05, 0) is 0 Å². The first-order chi connectivity index (χ1) is 12.8. The Morgan fingerprint density at radius 2 is 1.46 bits per heavy atom. The van der Waals surface area contributed by atoms with Gasteiger partial charge in [0.1, 0.15) is 0 Å². The SMILES string of the molecule is CSc1ccccc1-c1oc(=O)c2ccccc2c1[Se]c1ccccc1. The zero-order valence-electron chi connectivity index (χ0n) is 14.1. The van der Waals surface area contributed by atoms with E-state index in [1.54, 1.807) is 11.8 Å². The van der Waals surface area contributed by atoms with E-state index in [-0.39, 0.29) is 20.6 Å². The van der Waals surface area contributed by atoms with Crippen molar-refractivity contribution in [3.63, 3.8) is 0 Å². The minimum atomic E-state index is -0.279. The average molecular weight is 423 g/mol. The van der Waals surface area contributed by atoms with Crippen LogP contribution in [0.1, 0.15) is 0 Å². The summed E-state index contributed by atoms with van der Waals surface area (Å²) in [5.74, 6) is 0.697. The van der Waals surface area contributed by atoms with Crippen LogP contribution >= 0.6 is 11.8 Å². The molecule has 26 heavy (non-hydrogen) atoms. The second kappa shape index (κ2) is 7.55. The monoisotopic (exact) mass is 424 g/mol. The summed E-state index contributed by atoms with van der Waals surface area (Å²) < 4.78 is 8.23. The summed E-state index contributed by atoms with van der Waals surface area (Å²) in [6, 6.07) is 26.2. The molecule has 0 radical (unpaired) electrons. The summed E-state index contributed by atoms with van der Waals surface area (Å²) in [7, 11) is 0. The normalized spacial score (nSPS) is 11.0. The molecule has 0 aliphatic carbocycles. The van der Waals surface area contributed by atoms with Crippen molar-refractivity contribution in [3.8, 4) is 11.3 Å². The second-order valence-corrected chi connectivity index (χ2v) is 8.83. The van der Waals surface area contributed by atoms with Crippen LogP contribution in [0.2, 0.25) is 0 Å². The Balaban J connectivity index is 2.03. The Labute approximate surface area is 162 Å². The molecule has 3 aromatic carbocycles. The first-order valence-corrected chi connectivity index (χ1v) is 11.1. The molecule has 128 valence electrons. The standard InChI is InChI=1S/C22H16O2SSe/c1-25-19-14-8-7-13-18(19)20-21(26-15-9-3-2-4-10-15)16-11-5-6-12-17(16)22(23)24-20/h2-14H,1H3. The van der Waals surface area contributed by atoms with Gasteiger partial charge >= 0.3 is 163 Å². The fourth-order valence-corrected chi connectivity index (χ4v) is 5.71. The second-order valence-electron chi connectivity index (χ2n) is 5.71. The van der Waals surface area contributed by atoms with Crippen LogP contribution in [-0.2, 0) is 0 Å². The molecule has 4 aromatic rings. The molecule has 0 amide bonds. The molecule has 0 saturated carbocycles. The van der Waals surface area contributed by atoms with Crippen LogP contribution in [-0.4, -0.2) is 21.2 Å². The van der Waals surface area contributed by atoms with Crippen LogP contribution in [0, 0.1) is 0 Å². The third-order valence-corrected chi connectivity index (χ3v) is 7.25. The summed E-state index contributed by atoms with van der Waals surface area (Å²) in [5.41, 5.74) is 0.703. The third kappa shape index (κ3) is 3.24. The molecule has 0 fully saturated rings. The fraction of sp³-hybridized carbons (Fsp3) is 0.0455. The van der Waals surface area contributed by atoms with Crippen molar-refractivity contribution in [2.45, 2.75) is 4.90 Å². The molecule has 0 atom stereocenters. The van der Waals surface area contributed by atoms with Gasteiger partial charge in [-0.25, -0.2) is 0 Å². The maximum absolute atomic E-state index is 12.6. The van der Waals surface area contributed by atoms with Crippen LogP contribution in [0.25, 0.3) is 22.1 Å². The van der Waals surface area contributed by atoms with E-state index in [1.807, 2.05) is 66.9 Å². The molecule has 4 rings (SSSR count). The summed E-state index contributed by atoms with van der Waals surface area (Å²) in [6.45, 7) is 0. The zero-order chi connectivity index (χ0) is 17.9. The number of rotatable bonds is 4. The quantitative estimate of drug-likeness (QED) is 0.369. The molecule has 4 heteroatoms. The summed E-state index contributed by atoms with van der Waals surface area (Å²) in [4.78, 5) is 13.7. The number of thioether (sulfide) groups is 1. The van der Waals surface area contributed by atoms with E-state index in [0.717, 1.165) is 20.3 Å². The first kappa shape index (κ1) is 17.2. The van der Waals surface area contributed by atoms with Crippen molar-refractivity contribution in [1.82, 2.24) is 0 Å². The molecule has 0 aliphatic rings. The summed E-state index contributed by atoms with van der Waals surface area (Å²) in [5, 5.41) is 1.63. The van der Waals surface area contributed by atoms with Gasteiger partial charge < -0.3 is 0 Å². The molecular weight excluding hydrogens is 407 g/mol. The van der Waals surface area contributed by atoms with Crippen LogP contribution < -0.4 is 14.5 Å². The first-order valence-electron chi connectivity index (χ1n) is 8.20. The van der Waals surface area contributed by atoms with E-state index < -0.39 is 0 Å². The molecule has 0 unspecified atom stereocenters. The van der Waals surface area contributed by atoms with Crippen molar-refractivity contribution >= 4 is 46.4 Å². The van der Waals surface area contributed by atoms with Crippen LogP contribution in [0.4, 0.5) is 0 Å². The molecule has 0 bridgehead atoms.